The number of benzene rings is 1. The number of methoxy groups -OCH3 is 1. The monoisotopic (exact) mass is 592 g/mol. The predicted molar refractivity (Wildman–Crippen MR) is 146 cm³/mol. The SMILES string of the molecule is CC(C)CN(C=O)CCS(C)(=O)=O.COCc1ccc(OC2OC(C(=O)O)C(O)C(O)C2O)c(CNC(C)C)c1. The standard InChI is InChI=1S/C18H27NO8.C8H17NO3S/c1-9(2)19-7-11-6-10(8-25-3)4-5-12(11)26-18-15(22)13(20)14(21)16(27-18)17(23)24;1-8(2)6-9(7-10)4-5-13(3,11)12/h4-6,9,13-16,18-22H,7-8H2,1-3H3,(H,23,24);7-8H,4-6H2,1-3H3. The van der Waals surface area contributed by atoms with Crippen molar-refractivity contribution in [1.82, 2.24) is 10.2 Å². The van der Waals surface area contributed by atoms with E-state index in [4.69, 9.17) is 19.3 Å². The number of nitrogens with one attached hydrogen (secondary N) is 1. The minimum atomic E-state index is -2.97. The van der Waals surface area contributed by atoms with E-state index in [1.807, 2.05) is 33.8 Å². The molecule has 0 saturated carbocycles. The number of ether oxygens (including phenoxy) is 3. The van der Waals surface area contributed by atoms with Crippen molar-refractivity contribution < 1.29 is 52.6 Å². The Balaban J connectivity index is 0.000000520. The lowest BCUT2D eigenvalue weighted by Gasteiger charge is -2.38. The Morgan fingerprint density at radius 3 is 2.30 bits per heavy atom. The van der Waals surface area contributed by atoms with Gasteiger partial charge in [-0.25, -0.2) is 13.2 Å². The molecule has 0 bridgehead atoms. The van der Waals surface area contributed by atoms with Crippen LogP contribution in [0.5, 0.6) is 5.75 Å². The molecule has 5 atom stereocenters. The molecule has 40 heavy (non-hydrogen) atoms. The fourth-order valence-corrected chi connectivity index (χ4v) is 4.24. The van der Waals surface area contributed by atoms with E-state index in [9.17, 15) is 33.3 Å². The van der Waals surface area contributed by atoms with Gasteiger partial charge in [0.25, 0.3) is 0 Å². The molecular weight excluding hydrogens is 548 g/mol. The first kappa shape index (κ1) is 35.7. The summed E-state index contributed by atoms with van der Waals surface area (Å²) in [6, 6.07) is 5.51. The molecule has 1 saturated heterocycles. The van der Waals surface area contributed by atoms with E-state index in [0.29, 0.717) is 44.3 Å². The Morgan fingerprint density at radius 1 is 1.15 bits per heavy atom. The molecule has 0 radical (unpaired) electrons. The molecule has 0 spiro atoms. The second-order valence-corrected chi connectivity index (χ2v) is 12.6. The maximum atomic E-state index is 11.2. The quantitative estimate of drug-likeness (QED) is 0.178. The second-order valence-electron chi connectivity index (χ2n) is 10.4. The van der Waals surface area contributed by atoms with Crippen molar-refractivity contribution in [1.29, 1.82) is 0 Å². The van der Waals surface area contributed by atoms with Crippen LogP contribution < -0.4 is 10.1 Å². The number of carbonyl (C=O) groups is 2. The van der Waals surface area contributed by atoms with Crippen LogP contribution in [0.25, 0.3) is 0 Å². The van der Waals surface area contributed by atoms with Crippen molar-refractivity contribution in [2.75, 3.05) is 32.2 Å². The summed E-state index contributed by atoms with van der Waals surface area (Å²) in [5.74, 6) is -0.693. The lowest BCUT2D eigenvalue weighted by Crippen LogP contribution is -2.61. The zero-order valence-corrected chi connectivity index (χ0v) is 24.7. The number of carbonyl (C=O) groups excluding carboxylic acids is 1. The van der Waals surface area contributed by atoms with Crippen LogP contribution in [-0.4, -0.2) is 115 Å². The molecule has 5 unspecified atom stereocenters. The Morgan fingerprint density at radius 2 is 1.80 bits per heavy atom. The van der Waals surface area contributed by atoms with Crippen molar-refractivity contribution >= 4 is 22.2 Å². The normalized spacial score (nSPS) is 22.9. The Labute approximate surface area is 236 Å². The van der Waals surface area contributed by atoms with Gasteiger partial charge >= 0.3 is 5.97 Å². The van der Waals surface area contributed by atoms with Crippen LogP contribution in [0.4, 0.5) is 0 Å². The third-order valence-corrected chi connectivity index (χ3v) is 6.61. The van der Waals surface area contributed by atoms with Gasteiger partial charge in [-0.1, -0.05) is 33.8 Å². The molecule has 1 heterocycles. The number of sulfone groups is 1. The summed E-state index contributed by atoms with van der Waals surface area (Å²) < 4.78 is 37.6. The average Bonchev–Trinajstić information content (AvgIpc) is 2.86. The highest BCUT2D eigenvalue weighted by Crippen LogP contribution is 2.28. The van der Waals surface area contributed by atoms with Gasteiger partial charge in [0.2, 0.25) is 12.7 Å². The number of hydrogen-bond donors (Lipinski definition) is 5. The van der Waals surface area contributed by atoms with E-state index in [1.165, 1.54) is 11.2 Å². The fourth-order valence-electron chi connectivity index (χ4n) is 3.67. The van der Waals surface area contributed by atoms with E-state index in [2.05, 4.69) is 5.32 Å². The first-order chi connectivity index (χ1) is 18.6. The van der Waals surface area contributed by atoms with Gasteiger partial charge in [0.15, 0.2) is 6.10 Å². The van der Waals surface area contributed by atoms with Gasteiger partial charge in [0.1, 0.15) is 33.9 Å². The van der Waals surface area contributed by atoms with Gasteiger partial charge in [-0.05, 0) is 23.6 Å². The van der Waals surface area contributed by atoms with E-state index in [0.717, 1.165) is 11.1 Å². The van der Waals surface area contributed by atoms with E-state index in [-0.39, 0.29) is 11.8 Å². The number of aliphatic hydroxyl groups is 3. The molecule has 1 amide bonds. The molecule has 0 aromatic heterocycles. The zero-order valence-electron chi connectivity index (χ0n) is 23.9. The van der Waals surface area contributed by atoms with Gasteiger partial charge in [-0.3, -0.25) is 4.79 Å². The third-order valence-electron chi connectivity index (χ3n) is 5.69. The molecule has 230 valence electrons. The number of carboxylic acids is 1. The summed E-state index contributed by atoms with van der Waals surface area (Å²) >= 11 is 0. The topological polar surface area (TPSA) is 192 Å². The van der Waals surface area contributed by atoms with Crippen LogP contribution in [0.15, 0.2) is 18.2 Å². The van der Waals surface area contributed by atoms with Crippen LogP contribution in [0.1, 0.15) is 38.8 Å². The largest absolute Gasteiger partial charge is 0.479 e. The summed E-state index contributed by atoms with van der Waals surface area (Å²) in [4.78, 5) is 23.2. The highest BCUT2D eigenvalue weighted by atomic mass is 32.2. The smallest absolute Gasteiger partial charge is 0.335 e. The Bertz CT molecular complexity index is 1040. The summed E-state index contributed by atoms with van der Waals surface area (Å²) in [6.07, 6.45) is -6.37. The molecule has 0 aliphatic carbocycles. The average molecular weight is 593 g/mol. The Hall–Kier alpha value is -2.33. The van der Waals surface area contributed by atoms with Crippen LogP contribution in [0, 0.1) is 5.92 Å². The molecule has 1 aromatic rings. The van der Waals surface area contributed by atoms with E-state index in [1.54, 1.807) is 19.2 Å². The van der Waals surface area contributed by atoms with Crippen LogP contribution in [0.2, 0.25) is 0 Å². The van der Waals surface area contributed by atoms with Gasteiger partial charge < -0.3 is 44.9 Å². The number of carboxylic acid groups (broad SMARTS) is 1. The van der Waals surface area contributed by atoms with Crippen LogP contribution >= 0.6 is 0 Å². The number of hydrogen-bond acceptors (Lipinski definition) is 11. The van der Waals surface area contributed by atoms with E-state index >= 15 is 0 Å². The number of aliphatic hydroxyl groups excluding tert-OH is 3. The molecule has 1 aromatic carbocycles. The first-order valence-corrected chi connectivity index (χ1v) is 15.0. The van der Waals surface area contributed by atoms with E-state index < -0.39 is 46.5 Å². The van der Waals surface area contributed by atoms with Crippen molar-refractivity contribution in [2.24, 2.45) is 5.92 Å². The number of aliphatic carboxylic acids is 1. The molecule has 1 fully saturated rings. The van der Waals surface area contributed by atoms with Crippen LogP contribution in [-0.2, 0) is 42.1 Å². The lowest BCUT2D eigenvalue weighted by molar-refractivity contribution is -0.271. The highest BCUT2D eigenvalue weighted by Gasteiger charge is 2.48. The van der Waals surface area contributed by atoms with Gasteiger partial charge in [0, 0.05) is 44.6 Å². The lowest BCUT2D eigenvalue weighted by atomic mass is 9.99. The predicted octanol–water partition coefficient (Wildman–Crippen LogP) is -0.253. The van der Waals surface area contributed by atoms with Crippen molar-refractivity contribution in [3.8, 4) is 5.75 Å². The number of amides is 1. The van der Waals surface area contributed by atoms with Gasteiger partial charge in [0.05, 0.1) is 12.4 Å². The molecule has 14 heteroatoms. The summed E-state index contributed by atoms with van der Waals surface area (Å²) in [5, 5.41) is 42.2. The van der Waals surface area contributed by atoms with Crippen molar-refractivity contribution in [3.63, 3.8) is 0 Å². The third kappa shape index (κ3) is 12.5. The molecular formula is C26H44N2O11S. The number of rotatable bonds is 14. The molecule has 5 N–H and O–H groups in total. The van der Waals surface area contributed by atoms with Crippen molar-refractivity contribution in [3.05, 3.63) is 29.3 Å². The second kappa shape index (κ2) is 16.8. The minimum Gasteiger partial charge on any atom is -0.479 e. The maximum absolute atomic E-state index is 11.2. The molecule has 1 aliphatic rings. The molecule has 13 nitrogen and oxygen atoms in total. The minimum absolute atomic E-state index is 0.0401. The molecule has 1 aliphatic heterocycles. The fraction of sp³-hybridized carbons (Fsp3) is 0.692. The van der Waals surface area contributed by atoms with Gasteiger partial charge in [-0.2, -0.15) is 0 Å². The first-order valence-electron chi connectivity index (χ1n) is 12.9. The van der Waals surface area contributed by atoms with Gasteiger partial charge in [-0.15, -0.1) is 0 Å². The summed E-state index contributed by atoms with van der Waals surface area (Å²) in [5.41, 5.74) is 1.66. The summed E-state index contributed by atoms with van der Waals surface area (Å²) in [7, 11) is -1.38. The Kier molecular flexibility index (Phi) is 15.0. The maximum Gasteiger partial charge on any atom is 0.335 e. The van der Waals surface area contributed by atoms with Crippen LogP contribution in [0.3, 0.4) is 0 Å². The number of nitrogens with zero attached hydrogens (tertiary/aromatic N) is 1. The zero-order chi connectivity index (χ0) is 30.6. The summed E-state index contributed by atoms with van der Waals surface area (Å²) in [6.45, 7) is 9.71. The highest BCUT2D eigenvalue weighted by molar-refractivity contribution is 7.90. The molecule has 2 rings (SSSR count). The van der Waals surface area contributed by atoms with Crippen molar-refractivity contribution in [2.45, 2.75) is 77.6 Å².